The molecule has 1 aromatic rings. The minimum atomic E-state index is 0.184. The molecule has 0 saturated carbocycles. The molecule has 2 rings (SSSR count). The van der Waals surface area contributed by atoms with Gasteiger partial charge in [0.15, 0.2) is 5.84 Å². The second kappa shape index (κ2) is 4.98. The van der Waals surface area contributed by atoms with E-state index in [4.69, 9.17) is 10.9 Å². The summed E-state index contributed by atoms with van der Waals surface area (Å²) >= 11 is 0. The Balaban J connectivity index is 2.15. The molecule has 4 heteroatoms. The van der Waals surface area contributed by atoms with Crippen LogP contribution in [0.2, 0.25) is 0 Å². The third-order valence-corrected chi connectivity index (χ3v) is 3.55. The molecule has 1 aliphatic heterocycles. The SMILES string of the molecule is CC1(C)CCN(Cc2ccccc2C(N)=NO)C1. The highest BCUT2D eigenvalue weighted by Crippen LogP contribution is 2.30. The zero-order chi connectivity index (χ0) is 13.2. The number of hydrogen-bond acceptors (Lipinski definition) is 3. The fraction of sp³-hybridized carbons (Fsp3) is 0.500. The van der Waals surface area contributed by atoms with Crippen LogP contribution < -0.4 is 5.73 Å². The largest absolute Gasteiger partial charge is 0.409 e. The molecule has 98 valence electrons. The first-order valence-corrected chi connectivity index (χ1v) is 6.30. The Morgan fingerprint density at radius 2 is 2.17 bits per heavy atom. The van der Waals surface area contributed by atoms with Crippen molar-refractivity contribution in [1.29, 1.82) is 0 Å². The fourth-order valence-electron chi connectivity index (χ4n) is 2.56. The van der Waals surface area contributed by atoms with E-state index in [0.717, 1.165) is 30.8 Å². The van der Waals surface area contributed by atoms with Crippen molar-refractivity contribution >= 4 is 5.84 Å². The molecule has 1 aliphatic rings. The third kappa shape index (κ3) is 2.82. The minimum Gasteiger partial charge on any atom is -0.409 e. The highest BCUT2D eigenvalue weighted by Gasteiger charge is 2.29. The summed E-state index contributed by atoms with van der Waals surface area (Å²) in [5.74, 6) is 0.184. The Morgan fingerprint density at radius 3 is 2.78 bits per heavy atom. The van der Waals surface area contributed by atoms with Crippen molar-refractivity contribution in [3.63, 3.8) is 0 Å². The Kier molecular flexibility index (Phi) is 3.57. The summed E-state index contributed by atoms with van der Waals surface area (Å²) in [5, 5.41) is 11.9. The van der Waals surface area contributed by atoms with Gasteiger partial charge in [0.25, 0.3) is 0 Å². The highest BCUT2D eigenvalue weighted by molar-refractivity contribution is 5.98. The number of nitrogens with two attached hydrogens (primary N) is 1. The van der Waals surface area contributed by atoms with Crippen LogP contribution in [0.5, 0.6) is 0 Å². The van der Waals surface area contributed by atoms with Crippen molar-refractivity contribution in [2.45, 2.75) is 26.8 Å². The molecule has 0 bridgehead atoms. The predicted molar refractivity (Wildman–Crippen MR) is 72.6 cm³/mol. The van der Waals surface area contributed by atoms with Crippen LogP contribution in [0.3, 0.4) is 0 Å². The molecule has 0 unspecified atom stereocenters. The van der Waals surface area contributed by atoms with Gasteiger partial charge in [-0.15, -0.1) is 0 Å². The van der Waals surface area contributed by atoms with Crippen molar-refractivity contribution in [3.8, 4) is 0 Å². The number of benzene rings is 1. The third-order valence-electron chi connectivity index (χ3n) is 3.55. The average molecular weight is 247 g/mol. The fourth-order valence-corrected chi connectivity index (χ4v) is 2.56. The molecule has 0 radical (unpaired) electrons. The first-order valence-electron chi connectivity index (χ1n) is 6.30. The number of oxime groups is 1. The summed E-state index contributed by atoms with van der Waals surface area (Å²) < 4.78 is 0. The van der Waals surface area contributed by atoms with E-state index in [1.165, 1.54) is 6.42 Å². The van der Waals surface area contributed by atoms with E-state index in [1.54, 1.807) is 0 Å². The van der Waals surface area contributed by atoms with Gasteiger partial charge in [-0.1, -0.05) is 43.3 Å². The summed E-state index contributed by atoms with van der Waals surface area (Å²) in [7, 11) is 0. The van der Waals surface area contributed by atoms with Crippen LogP contribution in [0.25, 0.3) is 0 Å². The van der Waals surface area contributed by atoms with Gasteiger partial charge in [-0.2, -0.15) is 0 Å². The molecule has 3 N–H and O–H groups in total. The summed E-state index contributed by atoms with van der Waals surface area (Å²) in [6.45, 7) is 7.65. The first-order chi connectivity index (χ1) is 8.52. The second-order valence-electron chi connectivity index (χ2n) is 5.77. The van der Waals surface area contributed by atoms with Crippen molar-refractivity contribution in [3.05, 3.63) is 35.4 Å². The van der Waals surface area contributed by atoms with Crippen LogP contribution in [0.15, 0.2) is 29.4 Å². The maximum Gasteiger partial charge on any atom is 0.170 e. The molecule has 1 aromatic carbocycles. The van der Waals surface area contributed by atoms with Gasteiger partial charge in [-0.3, -0.25) is 4.90 Å². The minimum absolute atomic E-state index is 0.184. The summed E-state index contributed by atoms with van der Waals surface area (Å²) in [4.78, 5) is 2.42. The zero-order valence-corrected chi connectivity index (χ0v) is 11.1. The van der Waals surface area contributed by atoms with Crippen LogP contribution in [-0.2, 0) is 6.54 Å². The Bertz CT molecular complexity index is 454. The van der Waals surface area contributed by atoms with Crippen molar-refractivity contribution < 1.29 is 5.21 Å². The van der Waals surface area contributed by atoms with Gasteiger partial charge in [-0.05, 0) is 23.9 Å². The highest BCUT2D eigenvalue weighted by atomic mass is 16.4. The van der Waals surface area contributed by atoms with Gasteiger partial charge in [0.2, 0.25) is 0 Å². The van der Waals surface area contributed by atoms with Gasteiger partial charge in [0.1, 0.15) is 0 Å². The Morgan fingerprint density at radius 1 is 1.44 bits per heavy atom. The van der Waals surface area contributed by atoms with Gasteiger partial charge in [0.05, 0.1) is 0 Å². The number of rotatable bonds is 3. The quantitative estimate of drug-likeness (QED) is 0.372. The summed E-state index contributed by atoms with van der Waals surface area (Å²) in [5.41, 5.74) is 8.04. The smallest absolute Gasteiger partial charge is 0.170 e. The lowest BCUT2D eigenvalue weighted by Gasteiger charge is -2.20. The molecule has 0 aromatic heterocycles. The summed E-state index contributed by atoms with van der Waals surface area (Å²) in [6.07, 6.45) is 1.22. The zero-order valence-electron chi connectivity index (χ0n) is 11.1. The molecule has 4 nitrogen and oxygen atoms in total. The predicted octanol–water partition coefficient (Wildman–Crippen LogP) is 2.01. The average Bonchev–Trinajstić information content (AvgIpc) is 2.68. The van der Waals surface area contributed by atoms with Crippen molar-refractivity contribution in [1.82, 2.24) is 4.90 Å². The monoisotopic (exact) mass is 247 g/mol. The lowest BCUT2D eigenvalue weighted by atomic mass is 9.93. The van der Waals surface area contributed by atoms with Crippen LogP contribution in [0.1, 0.15) is 31.4 Å². The van der Waals surface area contributed by atoms with Crippen molar-refractivity contribution in [2.75, 3.05) is 13.1 Å². The Labute approximate surface area is 108 Å². The van der Waals surface area contributed by atoms with Crippen LogP contribution in [0, 0.1) is 5.41 Å². The molecule has 0 spiro atoms. The summed E-state index contributed by atoms with van der Waals surface area (Å²) in [6, 6.07) is 7.83. The molecule has 1 heterocycles. The molecular weight excluding hydrogens is 226 g/mol. The lowest BCUT2D eigenvalue weighted by molar-refractivity contribution is 0.284. The van der Waals surface area contributed by atoms with E-state index in [0.29, 0.717) is 5.41 Å². The van der Waals surface area contributed by atoms with Gasteiger partial charge in [0, 0.05) is 18.7 Å². The van der Waals surface area contributed by atoms with E-state index in [2.05, 4.69) is 23.9 Å². The van der Waals surface area contributed by atoms with E-state index in [-0.39, 0.29) is 5.84 Å². The first kappa shape index (κ1) is 12.9. The van der Waals surface area contributed by atoms with E-state index in [1.807, 2.05) is 24.3 Å². The maximum absolute atomic E-state index is 8.81. The van der Waals surface area contributed by atoms with Crippen LogP contribution >= 0.6 is 0 Å². The standard InChI is InChI=1S/C14H21N3O/c1-14(2)7-8-17(10-14)9-11-5-3-4-6-12(11)13(15)16-18/h3-6,18H,7-10H2,1-2H3,(H2,15,16). The number of likely N-dealkylation sites (tertiary alicyclic amines) is 1. The number of hydrogen-bond donors (Lipinski definition) is 2. The van der Waals surface area contributed by atoms with E-state index >= 15 is 0 Å². The topological polar surface area (TPSA) is 61.8 Å². The van der Waals surface area contributed by atoms with Gasteiger partial charge >= 0.3 is 0 Å². The molecular formula is C14H21N3O. The van der Waals surface area contributed by atoms with Gasteiger partial charge in [-0.25, -0.2) is 0 Å². The second-order valence-corrected chi connectivity index (χ2v) is 5.77. The van der Waals surface area contributed by atoms with Crippen LogP contribution in [-0.4, -0.2) is 29.0 Å². The number of amidine groups is 1. The maximum atomic E-state index is 8.81. The molecule has 18 heavy (non-hydrogen) atoms. The molecule has 0 aliphatic carbocycles. The lowest BCUT2D eigenvalue weighted by Crippen LogP contribution is -2.25. The van der Waals surface area contributed by atoms with Gasteiger partial charge < -0.3 is 10.9 Å². The normalized spacial score (nSPS) is 20.2. The molecule has 0 atom stereocenters. The number of nitrogens with zero attached hydrogens (tertiary/aromatic N) is 2. The molecule has 0 amide bonds. The van der Waals surface area contributed by atoms with E-state index in [9.17, 15) is 0 Å². The van der Waals surface area contributed by atoms with Crippen LogP contribution in [0.4, 0.5) is 0 Å². The van der Waals surface area contributed by atoms with E-state index < -0.39 is 0 Å². The molecule has 1 fully saturated rings. The Hall–Kier alpha value is -1.55. The van der Waals surface area contributed by atoms with Crippen molar-refractivity contribution in [2.24, 2.45) is 16.3 Å². The molecule has 1 saturated heterocycles.